The number of hydrogen-bond acceptors (Lipinski definition) is 3. The van der Waals surface area contributed by atoms with Crippen LogP contribution in [-0.2, 0) is 6.42 Å². The van der Waals surface area contributed by atoms with Gasteiger partial charge in [0.1, 0.15) is 12.2 Å². The lowest BCUT2D eigenvalue weighted by Crippen LogP contribution is -2.15. The fraction of sp³-hybridized carbons (Fsp3) is 0.118. The summed E-state index contributed by atoms with van der Waals surface area (Å²) in [5.74, 6) is 0.913. The van der Waals surface area contributed by atoms with Crippen LogP contribution in [0.25, 0.3) is 5.69 Å². The summed E-state index contributed by atoms with van der Waals surface area (Å²) in [5, 5.41) is 8.95. The smallest absolute Gasteiger partial charge is 0.139 e. The highest BCUT2D eigenvalue weighted by atomic mass is 79.9. The zero-order valence-electron chi connectivity index (χ0n) is 12.1. The average molecular weight is 388 g/mol. The Morgan fingerprint density at radius 2 is 1.96 bits per heavy atom. The van der Waals surface area contributed by atoms with E-state index in [1.165, 1.54) is 0 Å². The molecule has 0 amide bonds. The van der Waals surface area contributed by atoms with Crippen molar-refractivity contribution in [1.82, 2.24) is 14.8 Å². The van der Waals surface area contributed by atoms with Gasteiger partial charge in [-0.2, -0.15) is 0 Å². The number of halogens is 2. The first-order chi connectivity index (χ1) is 11.2. The molecule has 23 heavy (non-hydrogen) atoms. The van der Waals surface area contributed by atoms with E-state index in [0.29, 0.717) is 11.6 Å². The number of aromatic nitrogens is 3. The van der Waals surface area contributed by atoms with Crippen LogP contribution >= 0.6 is 27.5 Å². The van der Waals surface area contributed by atoms with Gasteiger partial charge in [0.2, 0.25) is 0 Å². The maximum absolute atomic E-state index is 6.41. The normalized spacial score (nSPS) is 13.6. The van der Waals surface area contributed by atoms with Gasteiger partial charge in [-0.25, -0.2) is 0 Å². The molecule has 4 nitrogen and oxygen atoms in total. The summed E-state index contributed by atoms with van der Waals surface area (Å²) in [6, 6.07) is 13.9. The summed E-state index contributed by atoms with van der Waals surface area (Å²) in [5.41, 5.74) is 3.84. The largest absolute Gasteiger partial charge is 0.285 e. The maximum Gasteiger partial charge on any atom is 0.139 e. The molecule has 0 bridgehead atoms. The molecule has 0 spiro atoms. The van der Waals surface area contributed by atoms with Gasteiger partial charge in [0.15, 0.2) is 0 Å². The number of nitrogens with zero attached hydrogens (tertiary/aromatic N) is 4. The quantitative estimate of drug-likeness (QED) is 0.631. The van der Waals surface area contributed by atoms with E-state index in [-0.39, 0.29) is 0 Å². The second-order valence-electron chi connectivity index (χ2n) is 5.24. The standard InChI is InChI=1S/C17H12BrClN4/c18-11-5-6-15-13(9-11)17(12-3-1-2-4-14(12)19)20-8-7-16-22-21-10-23(15)16/h1-6,9-10H,7-8H2. The Bertz CT molecular complexity index is 916. The highest BCUT2D eigenvalue weighted by Crippen LogP contribution is 2.28. The minimum Gasteiger partial charge on any atom is -0.285 e. The molecule has 0 unspecified atom stereocenters. The number of fused-ring (bicyclic) bond motifs is 3. The van der Waals surface area contributed by atoms with Gasteiger partial charge in [-0.15, -0.1) is 10.2 Å². The molecule has 0 saturated carbocycles. The Morgan fingerprint density at radius 1 is 1.09 bits per heavy atom. The summed E-state index contributed by atoms with van der Waals surface area (Å²) in [4.78, 5) is 4.81. The summed E-state index contributed by atoms with van der Waals surface area (Å²) < 4.78 is 3.01. The molecule has 0 saturated heterocycles. The van der Waals surface area contributed by atoms with Crippen molar-refractivity contribution in [2.75, 3.05) is 6.54 Å². The molecule has 1 aliphatic rings. The minimum atomic E-state index is 0.644. The molecule has 3 aromatic rings. The predicted octanol–water partition coefficient (Wildman–Crippen LogP) is 4.08. The van der Waals surface area contributed by atoms with Gasteiger partial charge in [-0.05, 0) is 24.3 Å². The topological polar surface area (TPSA) is 43.1 Å². The van der Waals surface area contributed by atoms with Crippen LogP contribution in [0.4, 0.5) is 0 Å². The van der Waals surface area contributed by atoms with E-state index in [9.17, 15) is 0 Å². The van der Waals surface area contributed by atoms with E-state index in [0.717, 1.165) is 39.2 Å². The van der Waals surface area contributed by atoms with Gasteiger partial charge in [0, 0.05) is 33.6 Å². The molecular weight excluding hydrogens is 376 g/mol. The van der Waals surface area contributed by atoms with E-state index in [1.54, 1.807) is 6.33 Å². The molecule has 0 atom stereocenters. The number of benzene rings is 2. The van der Waals surface area contributed by atoms with Gasteiger partial charge in [-0.1, -0.05) is 45.7 Å². The third-order valence-electron chi connectivity index (χ3n) is 3.83. The zero-order valence-corrected chi connectivity index (χ0v) is 14.4. The minimum absolute atomic E-state index is 0.644. The maximum atomic E-state index is 6.41. The highest BCUT2D eigenvalue weighted by molar-refractivity contribution is 9.10. The van der Waals surface area contributed by atoms with Crippen molar-refractivity contribution < 1.29 is 0 Å². The average Bonchev–Trinajstić information content (AvgIpc) is 2.99. The summed E-state index contributed by atoms with van der Waals surface area (Å²) in [6.07, 6.45) is 2.49. The molecule has 4 rings (SSSR count). The van der Waals surface area contributed by atoms with Crippen LogP contribution in [0.5, 0.6) is 0 Å². The van der Waals surface area contributed by atoms with E-state index in [4.69, 9.17) is 16.6 Å². The number of hydrogen-bond donors (Lipinski definition) is 0. The molecule has 2 heterocycles. The predicted molar refractivity (Wildman–Crippen MR) is 94.7 cm³/mol. The molecule has 114 valence electrons. The van der Waals surface area contributed by atoms with Crippen LogP contribution in [0.3, 0.4) is 0 Å². The van der Waals surface area contributed by atoms with Crippen LogP contribution in [0.15, 0.2) is 58.3 Å². The van der Waals surface area contributed by atoms with Gasteiger partial charge < -0.3 is 0 Å². The molecule has 1 aliphatic heterocycles. The third kappa shape index (κ3) is 2.60. The monoisotopic (exact) mass is 386 g/mol. The third-order valence-corrected chi connectivity index (χ3v) is 4.65. The zero-order chi connectivity index (χ0) is 15.8. The van der Waals surface area contributed by atoms with Crippen LogP contribution in [-0.4, -0.2) is 27.0 Å². The van der Waals surface area contributed by atoms with Crippen molar-refractivity contribution in [2.45, 2.75) is 6.42 Å². The Kier molecular flexibility index (Phi) is 3.75. The first kappa shape index (κ1) is 14.6. The van der Waals surface area contributed by atoms with Crippen molar-refractivity contribution >= 4 is 33.2 Å². The lowest BCUT2D eigenvalue weighted by Gasteiger charge is -2.18. The van der Waals surface area contributed by atoms with Crippen molar-refractivity contribution in [1.29, 1.82) is 0 Å². The Morgan fingerprint density at radius 3 is 2.83 bits per heavy atom. The number of aliphatic imine (C=N–C) groups is 1. The van der Waals surface area contributed by atoms with Crippen LogP contribution in [0, 0.1) is 0 Å². The van der Waals surface area contributed by atoms with Gasteiger partial charge in [0.05, 0.1) is 11.4 Å². The fourth-order valence-corrected chi connectivity index (χ4v) is 3.36. The summed E-state index contributed by atoms with van der Waals surface area (Å²) in [6.45, 7) is 0.644. The summed E-state index contributed by atoms with van der Waals surface area (Å²) in [7, 11) is 0. The Hall–Kier alpha value is -1.98. The fourth-order valence-electron chi connectivity index (χ4n) is 2.78. The van der Waals surface area contributed by atoms with E-state index >= 15 is 0 Å². The van der Waals surface area contributed by atoms with Gasteiger partial charge in [-0.3, -0.25) is 9.56 Å². The van der Waals surface area contributed by atoms with Crippen molar-refractivity contribution in [3.05, 3.63) is 75.2 Å². The molecule has 0 fully saturated rings. The van der Waals surface area contributed by atoms with Crippen LogP contribution < -0.4 is 0 Å². The summed E-state index contributed by atoms with van der Waals surface area (Å²) >= 11 is 9.97. The van der Waals surface area contributed by atoms with Gasteiger partial charge >= 0.3 is 0 Å². The first-order valence-electron chi connectivity index (χ1n) is 7.22. The van der Waals surface area contributed by atoms with Gasteiger partial charge in [0.25, 0.3) is 0 Å². The van der Waals surface area contributed by atoms with Crippen molar-refractivity contribution in [2.24, 2.45) is 4.99 Å². The number of rotatable bonds is 1. The molecule has 2 aromatic carbocycles. The first-order valence-corrected chi connectivity index (χ1v) is 8.39. The SMILES string of the molecule is Clc1ccccc1C1=NCCc2nncn2-c2ccc(Br)cc21. The molecule has 0 aliphatic carbocycles. The van der Waals surface area contributed by atoms with Crippen LogP contribution in [0.1, 0.15) is 17.0 Å². The second kappa shape index (κ2) is 5.91. The van der Waals surface area contributed by atoms with E-state index < -0.39 is 0 Å². The van der Waals surface area contributed by atoms with Crippen LogP contribution in [0.2, 0.25) is 5.02 Å². The molecule has 0 radical (unpaired) electrons. The molecule has 1 aromatic heterocycles. The van der Waals surface area contributed by atoms with Crippen molar-refractivity contribution in [3.8, 4) is 5.69 Å². The van der Waals surface area contributed by atoms with Crippen molar-refractivity contribution in [3.63, 3.8) is 0 Å². The second-order valence-corrected chi connectivity index (χ2v) is 6.56. The molecule has 6 heteroatoms. The Labute approximate surface area is 147 Å². The lowest BCUT2D eigenvalue weighted by atomic mass is 9.99. The lowest BCUT2D eigenvalue weighted by molar-refractivity contribution is 0.823. The molecular formula is C17H12BrClN4. The van der Waals surface area contributed by atoms with E-state index in [2.05, 4.69) is 32.2 Å². The van der Waals surface area contributed by atoms with E-state index in [1.807, 2.05) is 41.0 Å². The Balaban J connectivity index is 2.00. The molecule has 0 N–H and O–H groups in total. The highest BCUT2D eigenvalue weighted by Gasteiger charge is 2.20.